The number of aromatic amines is 1. The van der Waals surface area contributed by atoms with Gasteiger partial charge in [0.05, 0.1) is 12.0 Å². The van der Waals surface area contributed by atoms with E-state index in [1.54, 1.807) is 0 Å². The molecule has 2 aromatic heterocycles. The summed E-state index contributed by atoms with van der Waals surface area (Å²) in [6.07, 6.45) is 0.551. The van der Waals surface area contributed by atoms with Crippen molar-refractivity contribution in [2.75, 3.05) is 0 Å². The van der Waals surface area contributed by atoms with Crippen LogP contribution in [0.4, 0.5) is 0 Å². The number of hydrogen-bond acceptors (Lipinski definition) is 4. The molecule has 0 aliphatic rings. The fraction of sp³-hybridized carbons (Fsp3) is 0.100. The Morgan fingerprint density at radius 2 is 1.72 bits per heavy atom. The molecule has 4 nitrogen and oxygen atoms in total. The van der Waals surface area contributed by atoms with E-state index in [0.717, 1.165) is 27.1 Å². The molecule has 0 aliphatic carbocycles. The van der Waals surface area contributed by atoms with Crippen LogP contribution in [-0.2, 0) is 13.0 Å². The number of H-pyrrole nitrogens is 1. The van der Waals surface area contributed by atoms with E-state index in [1.165, 1.54) is 11.3 Å². The average Bonchev–Trinajstić information content (AvgIpc) is 3.08. The Hall–Kier alpha value is -2.76. The van der Waals surface area contributed by atoms with Gasteiger partial charge in [-0.1, -0.05) is 54.6 Å². The van der Waals surface area contributed by atoms with Crippen LogP contribution in [0.2, 0.25) is 0 Å². The van der Waals surface area contributed by atoms with E-state index >= 15 is 0 Å². The van der Waals surface area contributed by atoms with Crippen LogP contribution in [0.3, 0.4) is 0 Å². The van der Waals surface area contributed by atoms with E-state index in [-0.39, 0.29) is 12.2 Å². The zero-order chi connectivity index (χ0) is 17.2. The van der Waals surface area contributed by atoms with Crippen molar-refractivity contribution < 1.29 is 5.11 Å². The SMILES string of the molecule is O=c1[nH]c(Cc2ccc(CO)cc2)nc2scc(-c3ccccc3)c12. The van der Waals surface area contributed by atoms with Crippen LogP contribution in [0.1, 0.15) is 17.0 Å². The van der Waals surface area contributed by atoms with E-state index in [2.05, 4.69) is 9.97 Å². The van der Waals surface area contributed by atoms with Gasteiger partial charge >= 0.3 is 0 Å². The Balaban J connectivity index is 1.72. The third-order valence-electron chi connectivity index (χ3n) is 4.15. The number of nitrogens with one attached hydrogen (secondary N) is 1. The lowest BCUT2D eigenvalue weighted by molar-refractivity contribution is 0.282. The summed E-state index contributed by atoms with van der Waals surface area (Å²) in [6.45, 7) is 0.0266. The molecule has 0 bridgehead atoms. The number of thiophene rings is 1. The van der Waals surface area contributed by atoms with Gasteiger partial charge in [0.1, 0.15) is 10.7 Å². The van der Waals surface area contributed by atoms with Crippen molar-refractivity contribution in [1.82, 2.24) is 9.97 Å². The van der Waals surface area contributed by atoms with Crippen LogP contribution < -0.4 is 5.56 Å². The third kappa shape index (κ3) is 3.12. The van der Waals surface area contributed by atoms with Gasteiger partial charge in [0.2, 0.25) is 0 Å². The molecule has 0 fully saturated rings. The first-order valence-corrected chi connectivity index (χ1v) is 8.87. The molecule has 0 amide bonds. The van der Waals surface area contributed by atoms with Gasteiger partial charge in [-0.3, -0.25) is 4.79 Å². The highest BCUT2D eigenvalue weighted by Crippen LogP contribution is 2.30. The Labute approximate surface area is 148 Å². The second-order valence-corrected chi connectivity index (χ2v) is 6.72. The molecular weight excluding hydrogens is 332 g/mol. The Bertz CT molecular complexity index is 1070. The standard InChI is InChI=1S/C20H16N2O2S/c23-11-14-8-6-13(7-9-14)10-17-21-19(24)18-16(12-25-20(18)22-17)15-4-2-1-3-5-15/h1-9,12,23H,10-11H2,(H,21,22,24). The van der Waals surface area contributed by atoms with E-state index in [9.17, 15) is 4.79 Å². The van der Waals surface area contributed by atoms with Crippen LogP contribution in [-0.4, -0.2) is 15.1 Å². The number of aliphatic hydroxyl groups is 1. The molecular formula is C20H16N2O2S. The van der Waals surface area contributed by atoms with Crippen molar-refractivity contribution >= 4 is 21.6 Å². The Morgan fingerprint density at radius 1 is 1.00 bits per heavy atom. The maximum absolute atomic E-state index is 12.6. The first-order chi connectivity index (χ1) is 12.2. The third-order valence-corrected chi connectivity index (χ3v) is 5.03. The predicted octanol–water partition coefficient (Wildman–Crippen LogP) is 3.73. The molecule has 2 aromatic carbocycles. The number of hydrogen-bond donors (Lipinski definition) is 2. The fourth-order valence-corrected chi connectivity index (χ4v) is 3.83. The quantitative estimate of drug-likeness (QED) is 0.590. The summed E-state index contributed by atoms with van der Waals surface area (Å²) in [4.78, 5) is 20.9. The first-order valence-electron chi connectivity index (χ1n) is 7.99. The molecule has 0 saturated carbocycles. The van der Waals surface area contributed by atoms with Crippen LogP contribution >= 0.6 is 11.3 Å². The maximum atomic E-state index is 12.6. The molecule has 25 heavy (non-hydrogen) atoms. The molecule has 124 valence electrons. The van der Waals surface area contributed by atoms with Gasteiger partial charge in [-0.25, -0.2) is 4.98 Å². The summed E-state index contributed by atoms with van der Waals surface area (Å²) in [5.41, 5.74) is 3.75. The minimum absolute atomic E-state index is 0.0266. The number of fused-ring (bicyclic) bond motifs is 1. The lowest BCUT2D eigenvalue weighted by atomic mass is 10.1. The highest BCUT2D eigenvalue weighted by molar-refractivity contribution is 7.17. The van der Waals surface area contributed by atoms with Crippen molar-refractivity contribution in [3.8, 4) is 11.1 Å². The van der Waals surface area contributed by atoms with Crippen LogP contribution in [0.5, 0.6) is 0 Å². The highest BCUT2D eigenvalue weighted by Gasteiger charge is 2.13. The molecule has 0 unspecified atom stereocenters. The lowest BCUT2D eigenvalue weighted by Gasteiger charge is -2.04. The van der Waals surface area contributed by atoms with Crippen molar-refractivity contribution in [3.63, 3.8) is 0 Å². The van der Waals surface area contributed by atoms with E-state index < -0.39 is 0 Å². The molecule has 0 radical (unpaired) electrons. The largest absolute Gasteiger partial charge is 0.392 e. The van der Waals surface area contributed by atoms with Crippen molar-refractivity contribution in [2.45, 2.75) is 13.0 Å². The van der Waals surface area contributed by atoms with Crippen molar-refractivity contribution in [1.29, 1.82) is 0 Å². The summed E-state index contributed by atoms with van der Waals surface area (Å²) >= 11 is 1.49. The van der Waals surface area contributed by atoms with Crippen LogP contribution in [0.15, 0.2) is 64.8 Å². The summed E-state index contributed by atoms with van der Waals surface area (Å²) in [7, 11) is 0. The summed E-state index contributed by atoms with van der Waals surface area (Å²) < 4.78 is 0. The van der Waals surface area contributed by atoms with Gasteiger partial charge in [0.25, 0.3) is 5.56 Å². The fourth-order valence-electron chi connectivity index (χ4n) is 2.86. The Morgan fingerprint density at radius 3 is 2.44 bits per heavy atom. The van der Waals surface area contributed by atoms with Crippen LogP contribution in [0.25, 0.3) is 21.3 Å². The molecule has 0 saturated heterocycles. The normalized spacial score (nSPS) is 11.1. The number of rotatable bonds is 4. The molecule has 4 rings (SSSR count). The molecule has 0 atom stereocenters. The number of nitrogens with zero attached hydrogens (tertiary/aromatic N) is 1. The highest BCUT2D eigenvalue weighted by atomic mass is 32.1. The number of aliphatic hydroxyl groups excluding tert-OH is 1. The van der Waals surface area contributed by atoms with Crippen molar-refractivity contribution in [2.24, 2.45) is 0 Å². The lowest BCUT2D eigenvalue weighted by Crippen LogP contribution is -2.11. The summed E-state index contributed by atoms with van der Waals surface area (Å²) in [6, 6.07) is 17.5. The maximum Gasteiger partial charge on any atom is 0.260 e. The number of aromatic nitrogens is 2. The molecule has 5 heteroatoms. The summed E-state index contributed by atoms with van der Waals surface area (Å²) in [5, 5.41) is 11.7. The molecule has 4 aromatic rings. The summed E-state index contributed by atoms with van der Waals surface area (Å²) in [5.74, 6) is 0.649. The second kappa shape index (κ2) is 6.63. The second-order valence-electron chi connectivity index (χ2n) is 5.86. The van der Waals surface area contributed by atoms with Gasteiger partial charge in [-0.2, -0.15) is 0 Å². The molecule has 2 N–H and O–H groups in total. The number of benzene rings is 2. The minimum atomic E-state index is -0.105. The van der Waals surface area contributed by atoms with Gasteiger partial charge in [-0.05, 0) is 16.7 Å². The average molecular weight is 348 g/mol. The zero-order valence-electron chi connectivity index (χ0n) is 13.4. The topological polar surface area (TPSA) is 66.0 Å². The first kappa shape index (κ1) is 15.7. The minimum Gasteiger partial charge on any atom is -0.392 e. The van der Waals surface area contributed by atoms with Crippen molar-refractivity contribution in [3.05, 3.63) is 87.3 Å². The Kier molecular flexibility index (Phi) is 4.17. The van der Waals surface area contributed by atoms with Crippen LogP contribution in [0, 0.1) is 0 Å². The van der Waals surface area contributed by atoms with E-state index in [4.69, 9.17) is 5.11 Å². The van der Waals surface area contributed by atoms with E-state index in [0.29, 0.717) is 17.6 Å². The monoisotopic (exact) mass is 348 g/mol. The van der Waals surface area contributed by atoms with Gasteiger partial charge < -0.3 is 10.1 Å². The van der Waals surface area contributed by atoms with Gasteiger partial charge in [0, 0.05) is 17.4 Å². The predicted molar refractivity (Wildman–Crippen MR) is 101 cm³/mol. The van der Waals surface area contributed by atoms with E-state index in [1.807, 2.05) is 60.0 Å². The smallest absolute Gasteiger partial charge is 0.260 e. The zero-order valence-corrected chi connectivity index (χ0v) is 14.2. The van der Waals surface area contributed by atoms with Gasteiger partial charge in [0.15, 0.2) is 0 Å². The molecule has 2 heterocycles. The molecule has 0 spiro atoms. The van der Waals surface area contributed by atoms with Gasteiger partial charge in [-0.15, -0.1) is 11.3 Å². The molecule has 0 aliphatic heterocycles.